The van der Waals surface area contributed by atoms with E-state index in [1.807, 2.05) is 0 Å². The van der Waals surface area contributed by atoms with E-state index in [2.05, 4.69) is 15.5 Å². The Kier molecular flexibility index (Phi) is 5.19. The van der Waals surface area contributed by atoms with E-state index in [1.165, 1.54) is 16.9 Å². The van der Waals surface area contributed by atoms with Crippen LogP contribution in [0.15, 0.2) is 36.7 Å². The van der Waals surface area contributed by atoms with Crippen molar-refractivity contribution in [2.45, 2.75) is 39.8 Å². The molecule has 0 saturated heterocycles. The Labute approximate surface area is 166 Å². The van der Waals surface area contributed by atoms with Gasteiger partial charge in [0.25, 0.3) is 5.91 Å². The first-order valence-corrected chi connectivity index (χ1v) is 8.89. The van der Waals surface area contributed by atoms with Gasteiger partial charge in [-0.25, -0.2) is 4.39 Å². The van der Waals surface area contributed by atoms with Crippen LogP contribution in [-0.4, -0.2) is 30.4 Å². The topological polar surface area (TPSA) is 108 Å². The highest BCUT2D eigenvalue weighted by Crippen LogP contribution is 2.25. The van der Waals surface area contributed by atoms with Crippen molar-refractivity contribution in [2.75, 3.05) is 5.32 Å². The fraction of sp³-hybridized carbons (Fsp3) is 0.316. The van der Waals surface area contributed by atoms with Crippen molar-refractivity contribution in [2.24, 2.45) is 0 Å². The maximum Gasteiger partial charge on any atom is 0.307 e. The highest BCUT2D eigenvalue weighted by Gasteiger charge is 2.33. The molecule has 0 spiro atoms. The van der Waals surface area contributed by atoms with Crippen LogP contribution in [0, 0.1) is 29.8 Å². The summed E-state index contributed by atoms with van der Waals surface area (Å²) in [6.07, 6.45) is 2.30. The van der Waals surface area contributed by atoms with E-state index < -0.39 is 16.4 Å². The number of nitrogens with zero attached hydrogens (tertiary/aromatic N) is 5. The molecular weight excluding hydrogens is 379 g/mol. The zero-order valence-electron chi connectivity index (χ0n) is 16.5. The average Bonchev–Trinajstić information content (AvgIpc) is 3.25. The lowest BCUT2D eigenvalue weighted by atomic mass is 10.0. The molecule has 3 rings (SSSR count). The van der Waals surface area contributed by atoms with Gasteiger partial charge in [-0.05, 0) is 33.8 Å². The van der Waals surface area contributed by atoms with Crippen LogP contribution in [-0.2, 0) is 16.9 Å². The van der Waals surface area contributed by atoms with Gasteiger partial charge in [0.15, 0.2) is 0 Å². The average molecular weight is 400 g/mol. The zero-order chi connectivity index (χ0) is 21.3. The number of hydrogen-bond acceptors (Lipinski definition) is 5. The minimum absolute atomic E-state index is 0.198. The summed E-state index contributed by atoms with van der Waals surface area (Å²) in [5.74, 6) is -0.737. The van der Waals surface area contributed by atoms with Gasteiger partial charge in [-0.15, -0.1) is 0 Å². The number of nitrogens with one attached hydrogen (secondary N) is 1. The second kappa shape index (κ2) is 7.46. The quantitative estimate of drug-likeness (QED) is 0.505. The Bertz CT molecular complexity index is 1090. The highest BCUT2D eigenvalue weighted by molar-refractivity contribution is 5.97. The van der Waals surface area contributed by atoms with E-state index in [9.17, 15) is 19.3 Å². The van der Waals surface area contributed by atoms with E-state index in [4.69, 9.17) is 0 Å². The van der Waals surface area contributed by atoms with Crippen molar-refractivity contribution < 1.29 is 14.1 Å². The van der Waals surface area contributed by atoms with Crippen LogP contribution in [0.3, 0.4) is 0 Å². The fourth-order valence-electron chi connectivity index (χ4n) is 2.90. The van der Waals surface area contributed by atoms with Gasteiger partial charge in [0, 0.05) is 5.56 Å². The van der Waals surface area contributed by atoms with Gasteiger partial charge in [-0.2, -0.15) is 10.2 Å². The first-order valence-electron chi connectivity index (χ1n) is 8.89. The number of benzene rings is 1. The molecule has 2 aromatic heterocycles. The summed E-state index contributed by atoms with van der Waals surface area (Å²) in [5.41, 5.74) is 0.869. The second-order valence-corrected chi connectivity index (χ2v) is 7.21. The van der Waals surface area contributed by atoms with Gasteiger partial charge < -0.3 is 5.32 Å². The molecule has 0 fully saturated rings. The van der Waals surface area contributed by atoms with Crippen LogP contribution in [0.2, 0.25) is 0 Å². The van der Waals surface area contributed by atoms with Crippen LogP contribution in [0.5, 0.6) is 0 Å². The van der Waals surface area contributed by atoms with Crippen molar-refractivity contribution in [1.29, 1.82) is 0 Å². The Morgan fingerprint density at radius 2 is 2.00 bits per heavy atom. The number of anilines is 1. The van der Waals surface area contributed by atoms with Gasteiger partial charge >= 0.3 is 5.69 Å². The minimum atomic E-state index is -1.18. The number of carbonyl (C=O) groups is 1. The van der Waals surface area contributed by atoms with Crippen LogP contribution in [0.4, 0.5) is 15.8 Å². The Morgan fingerprint density at radius 1 is 1.31 bits per heavy atom. The van der Waals surface area contributed by atoms with Gasteiger partial charge in [0.05, 0.1) is 28.5 Å². The summed E-state index contributed by atoms with van der Waals surface area (Å²) in [6, 6.07) is 6.43. The lowest BCUT2D eigenvalue weighted by Crippen LogP contribution is -2.40. The zero-order valence-corrected chi connectivity index (χ0v) is 16.5. The molecule has 3 aromatic rings. The first-order chi connectivity index (χ1) is 13.6. The van der Waals surface area contributed by atoms with Crippen molar-refractivity contribution in [3.63, 3.8) is 0 Å². The van der Waals surface area contributed by atoms with E-state index in [1.54, 1.807) is 50.6 Å². The van der Waals surface area contributed by atoms with Crippen LogP contribution < -0.4 is 5.32 Å². The van der Waals surface area contributed by atoms with E-state index >= 15 is 0 Å². The monoisotopic (exact) mass is 400 g/mol. The Morgan fingerprint density at radius 3 is 2.62 bits per heavy atom. The molecule has 9 nitrogen and oxygen atoms in total. The molecule has 0 saturated carbocycles. The van der Waals surface area contributed by atoms with Gasteiger partial charge in [-0.3, -0.25) is 24.3 Å². The van der Waals surface area contributed by atoms with E-state index in [0.717, 1.165) is 6.20 Å². The Hall–Kier alpha value is -3.56. The number of carbonyl (C=O) groups excluding carboxylic acids is 1. The number of halogens is 1. The SMILES string of the molecule is Cc1nn(Cc2ccccc2F)c(C)c1NC(=O)C(C)(C)n1cc([N+](=O)[O-])cn1. The lowest BCUT2D eigenvalue weighted by Gasteiger charge is -2.24. The third-order valence-electron chi connectivity index (χ3n) is 4.81. The molecular formula is C19H21FN6O3. The summed E-state index contributed by atoms with van der Waals surface area (Å²) in [7, 11) is 0. The van der Waals surface area contributed by atoms with Crippen molar-refractivity contribution in [3.8, 4) is 0 Å². The van der Waals surface area contributed by atoms with Crippen LogP contribution >= 0.6 is 0 Å². The second-order valence-electron chi connectivity index (χ2n) is 7.21. The largest absolute Gasteiger partial charge is 0.321 e. The van der Waals surface area contributed by atoms with E-state index in [-0.39, 0.29) is 18.0 Å². The van der Waals surface area contributed by atoms with Crippen molar-refractivity contribution in [3.05, 3.63) is 69.5 Å². The first kappa shape index (κ1) is 20.2. The maximum absolute atomic E-state index is 14.0. The molecule has 0 aliphatic rings. The fourth-order valence-corrected chi connectivity index (χ4v) is 2.90. The van der Waals surface area contributed by atoms with E-state index in [0.29, 0.717) is 22.6 Å². The summed E-state index contributed by atoms with van der Waals surface area (Å²) in [4.78, 5) is 23.2. The van der Waals surface area contributed by atoms with Crippen LogP contribution in [0.25, 0.3) is 0 Å². The van der Waals surface area contributed by atoms with Crippen LogP contribution in [0.1, 0.15) is 30.8 Å². The standard InChI is InChI=1S/C19H21FN6O3/c1-12-17(13(2)24(23-12)10-14-7-5-6-8-16(14)20)22-18(27)19(3,4)25-11-15(9-21-25)26(28)29/h5-9,11H,10H2,1-4H3,(H,22,27). The number of aromatic nitrogens is 4. The molecule has 0 aliphatic heterocycles. The van der Waals surface area contributed by atoms with Crippen molar-refractivity contribution in [1.82, 2.24) is 19.6 Å². The predicted molar refractivity (Wildman–Crippen MR) is 104 cm³/mol. The molecule has 0 atom stereocenters. The summed E-state index contributed by atoms with van der Waals surface area (Å²) in [6.45, 7) is 6.96. The Balaban J connectivity index is 1.84. The number of aryl methyl sites for hydroxylation is 1. The number of nitro groups is 1. The number of rotatable bonds is 6. The molecule has 0 aliphatic carbocycles. The molecule has 1 amide bonds. The normalized spacial score (nSPS) is 11.5. The summed E-state index contributed by atoms with van der Waals surface area (Å²) < 4.78 is 16.8. The third-order valence-corrected chi connectivity index (χ3v) is 4.81. The van der Waals surface area contributed by atoms with Gasteiger partial charge in [-0.1, -0.05) is 18.2 Å². The molecule has 0 radical (unpaired) electrons. The maximum atomic E-state index is 14.0. The molecule has 152 valence electrons. The molecule has 2 heterocycles. The highest BCUT2D eigenvalue weighted by atomic mass is 19.1. The molecule has 10 heteroatoms. The molecule has 0 unspecified atom stereocenters. The molecule has 0 bridgehead atoms. The summed E-state index contributed by atoms with van der Waals surface area (Å²) in [5, 5.41) is 22.1. The molecule has 1 N–H and O–H groups in total. The van der Waals surface area contributed by atoms with Gasteiger partial charge in [0.2, 0.25) is 0 Å². The summed E-state index contributed by atoms with van der Waals surface area (Å²) >= 11 is 0. The van der Waals surface area contributed by atoms with Crippen molar-refractivity contribution >= 4 is 17.3 Å². The minimum Gasteiger partial charge on any atom is -0.321 e. The smallest absolute Gasteiger partial charge is 0.307 e. The number of hydrogen-bond donors (Lipinski definition) is 1. The lowest BCUT2D eigenvalue weighted by molar-refractivity contribution is -0.385. The third kappa shape index (κ3) is 3.86. The number of amides is 1. The van der Waals surface area contributed by atoms with Gasteiger partial charge in [0.1, 0.15) is 23.7 Å². The molecule has 29 heavy (non-hydrogen) atoms. The molecule has 1 aromatic carbocycles. The predicted octanol–water partition coefficient (Wildman–Crippen LogP) is 3.17.